The first-order chi connectivity index (χ1) is 9.00. The van der Waals surface area contributed by atoms with Crippen molar-refractivity contribution in [2.24, 2.45) is 5.41 Å². The number of aromatic nitrogens is 2. The molecule has 1 unspecified atom stereocenters. The Bertz CT molecular complexity index is 608. The molecule has 3 rings (SSSR count). The van der Waals surface area contributed by atoms with E-state index in [4.69, 9.17) is 16.6 Å². The highest BCUT2D eigenvalue weighted by molar-refractivity contribution is 6.20. The van der Waals surface area contributed by atoms with Gasteiger partial charge in [0.05, 0.1) is 16.4 Å². The van der Waals surface area contributed by atoms with E-state index in [0.29, 0.717) is 5.41 Å². The number of halogens is 1. The van der Waals surface area contributed by atoms with Gasteiger partial charge in [-0.3, -0.25) is 0 Å². The van der Waals surface area contributed by atoms with E-state index in [0.717, 1.165) is 17.9 Å². The Hall–Kier alpha value is -1.02. The van der Waals surface area contributed by atoms with Gasteiger partial charge in [-0.2, -0.15) is 0 Å². The topological polar surface area (TPSA) is 17.8 Å². The largest absolute Gasteiger partial charge is 0.326 e. The number of para-hydroxylation sites is 1. The van der Waals surface area contributed by atoms with Crippen molar-refractivity contribution in [2.75, 3.05) is 0 Å². The lowest BCUT2D eigenvalue weighted by atomic mass is 9.70. The Balaban J connectivity index is 2.15. The van der Waals surface area contributed by atoms with Crippen LogP contribution in [0.4, 0.5) is 0 Å². The van der Waals surface area contributed by atoms with Gasteiger partial charge in [-0.25, -0.2) is 4.98 Å². The number of rotatable bonds is 3. The lowest BCUT2D eigenvalue weighted by Gasteiger charge is -2.39. The maximum absolute atomic E-state index is 6.34. The van der Waals surface area contributed by atoms with Gasteiger partial charge < -0.3 is 4.57 Å². The zero-order valence-electron chi connectivity index (χ0n) is 11.9. The van der Waals surface area contributed by atoms with Crippen molar-refractivity contribution in [3.05, 3.63) is 29.6 Å². The second-order valence-corrected chi connectivity index (χ2v) is 6.93. The van der Waals surface area contributed by atoms with E-state index in [2.05, 4.69) is 36.6 Å². The zero-order chi connectivity index (χ0) is 13.6. The first-order valence-electron chi connectivity index (χ1n) is 7.10. The van der Waals surface area contributed by atoms with Gasteiger partial charge in [-0.1, -0.05) is 25.5 Å². The summed E-state index contributed by atoms with van der Waals surface area (Å²) in [4.78, 5) is 4.75. The molecular weight excluding hydrogens is 256 g/mol. The summed E-state index contributed by atoms with van der Waals surface area (Å²) >= 11 is 6.34. The van der Waals surface area contributed by atoms with Crippen molar-refractivity contribution in [3.63, 3.8) is 0 Å². The summed E-state index contributed by atoms with van der Waals surface area (Å²) in [6.45, 7) is 7.59. The molecule has 0 aliphatic heterocycles. The molecule has 102 valence electrons. The number of nitrogens with zero attached hydrogens (tertiary/aromatic N) is 2. The molecule has 0 saturated heterocycles. The van der Waals surface area contributed by atoms with Crippen LogP contribution < -0.4 is 0 Å². The average Bonchev–Trinajstić information content (AvgIpc) is 2.67. The molecular formula is C16H21ClN2. The third kappa shape index (κ3) is 2.16. The average molecular weight is 277 g/mol. The molecule has 2 nitrogen and oxygen atoms in total. The van der Waals surface area contributed by atoms with Crippen LogP contribution in [0, 0.1) is 12.3 Å². The number of fused-ring (bicyclic) bond motifs is 1. The Morgan fingerprint density at radius 1 is 1.42 bits per heavy atom. The molecule has 0 N–H and O–H groups in total. The highest BCUT2D eigenvalue weighted by Gasteiger charge is 2.33. The molecule has 1 aliphatic rings. The second-order valence-electron chi connectivity index (χ2n) is 6.28. The summed E-state index contributed by atoms with van der Waals surface area (Å²) in [6, 6.07) is 6.32. The van der Waals surface area contributed by atoms with Gasteiger partial charge in [0.1, 0.15) is 5.82 Å². The quantitative estimate of drug-likeness (QED) is 0.734. The van der Waals surface area contributed by atoms with Gasteiger partial charge in [-0.15, -0.1) is 11.6 Å². The third-order valence-corrected chi connectivity index (χ3v) is 4.65. The van der Waals surface area contributed by atoms with E-state index >= 15 is 0 Å². The van der Waals surface area contributed by atoms with Crippen LogP contribution in [0.2, 0.25) is 0 Å². The molecule has 1 aliphatic carbocycles. The Morgan fingerprint density at radius 2 is 2.16 bits per heavy atom. The Morgan fingerprint density at radius 3 is 2.74 bits per heavy atom. The van der Waals surface area contributed by atoms with E-state index in [1.165, 1.54) is 30.3 Å². The second kappa shape index (κ2) is 4.52. The lowest BCUT2D eigenvalue weighted by Crippen LogP contribution is -2.31. The zero-order valence-corrected chi connectivity index (χ0v) is 12.7. The van der Waals surface area contributed by atoms with Crippen molar-refractivity contribution in [1.29, 1.82) is 0 Å². The number of benzene rings is 1. The van der Waals surface area contributed by atoms with Crippen molar-refractivity contribution >= 4 is 22.6 Å². The Kier molecular flexibility index (Phi) is 3.09. The molecule has 0 spiro atoms. The van der Waals surface area contributed by atoms with E-state index < -0.39 is 0 Å². The summed E-state index contributed by atoms with van der Waals surface area (Å²) in [5.74, 6) is 1.01. The first-order valence-corrected chi connectivity index (χ1v) is 7.54. The van der Waals surface area contributed by atoms with Gasteiger partial charge in [0.25, 0.3) is 0 Å². The SMILES string of the molecule is Cc1cccc2nc(C(C)Cl)n(CC3(C)CCC3)c12. The highest BCUT2D eigenvalue weighted by atomic mass is 35.5. The number of hydrogen-bond acceptors (Lipinski definition) is 1. The molecule has 0 radical (unpaired) electrons. The summed E-state index contributed by atoms with van der Waals surface area (Å²) in [5.41, 5.74) is 4.05. The molecule has 19 heavy (non-hydrogen) atoms. The molecule has 0 bridgehead atoms. The van der Waals surface area contributed by atoms with Crippen LogP contribution in [0.25, 0.3) is 11.0 Å². The maximum atomic E-state index is 6.34. The normalized spacial score (nSPS) is 19.4. The third-order valence-electron chi connectivity index (χ3n) is 4.45. The van der Waals surface area contributed by atoms with Crippen LogP contribution in [0.15, 0.2) is 18.2 Å². The van der Waals surface area contributed by atoms with Crippen LogP contribution in [0.5, 0.6) is 0 Å². The van der Waals surface area contributed by atoms with Gasteiger partial charge in [0.15, 0.2) is 0 Å². The molecule has 1 aromatic heterocycles. The number of imidazole rings is 1. The van der Waals surface area contributed by atoms with Crippen LogP contribution in [0.3, 0.4) is 0 Å². The molecule has 2 aromatic rings. The predicted molar refractivity (Wildman–Crippen MR) is 80.7 cm³/mol. The first kappa shape index (κ1) is 13.0. The van der Waals surface area contributed by atoms with Gasteiger partial charge in [0.2, 0.25) is 0 Å². The van der Waals surface area contributed by atoms with E-state index in [9.17, 15) is 0 Å². The summed E-state index contributed by atoms with van der Waals surface area (Å²) in [6.07, 6.45) is 3.98. The van der Waals surface area contributed by atoms with Gasteiger partial charge in [-0.05, 0) is 43.7 Å². The summed E-state index contributed by atoms with van der Waals surface area (Å²) in [5, 5.41) is -0.0459. The van der Waals surface area contributed by atoms with E-state index in [-0.39, 0.29) is 5.38 Å². The molecule has 1 fully saturated rings. The molecule has 3 heteroatoms. The summed E-state index contributed by atoms with van der Waals surface area (Å²) < 4.78 is 2.36. The molecule has 0 amide bonds. The summed E-state index contributed by atoms with van der Waals surface area (Å²) in [7, 11) is 0. The van der Waals surface area contributed by atoms with Crippen LogP contribution in [0.1, 0.15) is 49.9 Å². The molecule has 1 aromatic carbocycles. The fourth-order valence-corrected chi connectivity index (χ4v) is 3.33. The number of hydrogen-bond donors (Lipinski definition) is 0. The van der Waals surface area contributed by atoms with Gasteiger partial charge in [0, 0.05) is 6.54 Å². The lowest BCUT2D eigenvalue weighted by molar-refractivity contribution is 0.132. The monoisotopic (exact) mass is 276 g/mol. The maximum Gasteiger partial charge on any atom is 0.127 e. The number of alkyl halides is 1. The van der Waals surface area contributed by atoms with Crippen LogP contribution in [-0.4, -0.2) is 9.55 Å². The van der Waals surface area contributed by atoms with Crippen molar-refractivity contribution in [3.8, 4) is 0 Å². The smallest absolute Gasteiger partial charge is 0.127 e. The van der Waals surface area contributed by atoms with Crippen LogP contribution in [-0.2, 0) is 6.54 Å². The van der Waals surface area contributed by atoms with Gasteiger partial charge >= 0.3 is 0 Å². The van der Waals surface area contributed by atoms with Crippen molar-refractivity contribution < 1.29 is 0 Å². The van der Waals surface area contributed by atoms with E-state index in [1.54, 1.807) is 0 Å². The number of aryl methyl sites for hydroxylation is 1. The van der Waals surface area contributed by atoms with Crippen molar-refractivity contribution in [2.45, 2.75) is 52.0 Å². The predicted octanol–water partition coefficient (Wildman–Crippen LogP) is 4.83. The van der Waals surface area contributed by atoms with Crippen LogP contribution >= 0.6 is 11.6 Å². The minimum atomic E-state index is -0.0459. The Labute approximate surface area is 119 Å². The highest BCUT2D eigenvalue weighted by Crippen LogP contribution is 2.43. The van der Waals surface area contributed by atoms with Crippen molar-refractivity contribution in [1.82, 2.24) is 9.55 Å². The molecule has 1 heterocycles. The fourth-order valence-electron chi connectivity index (χ4n) is 3.17. The van der Waals surface area contributed by atoms with E-state index in [1.807, 2.05) is 6.92 Å². The minimum Gasteiger partial charge on any atom is -0.326 e. The molecule has 1 saturated carbocycles. The minimum absolute atomic E-state index is 0.0459. The molecule has 1 atom stereocenters. The standard InChI is InChI=1S/C16H21ClN2/c1-11-6-4-7-13-14(11)19(15(18-13)12(2)17)10-16(3)8-5-9-16/h4,6-7,12H,5,8-10H2,1-3H3. The fraction of sp³-hybridized carbons (Fsp3) is 0.562.